The van der Waals surface area contributed by atoms with Gasteiger partial charge < -0.3 is 0 Å². The average molecular weight is 258 g/mol. The summed E-state index contributed by atoms with van der Waals surface area (Å²) in [6.45, 7) is 0.811. The molecule has 98 valence electrons. The van der Waals surface area contributed by atoms with Gasteiger partial charge in [0.1, 0.15) is 0 Å². The van der Waals surface area contributed by atoms with Crippen molar-refractivity contribution in [3.05, 3.63) is 35.4 Å². The number of amides is 1. The second-order valence-corrected chi connectivity index (χ2v) is 4.11. The van der Waals surface area contributed by atoms with Crippen molar-refractivity contribution in [1.29, 1.82) is 0 Å². The molecule has 0 aliphatic carbocycles. The standard InChI is InChI=1S/C12H13F3N2O/c13-12(14,15)10-4-2-1-3-9(10)6-8-17-11(18)5-7-16-17/h1-4,16H,5-8H2. The minimum absolute atomic E-state index is 0.0699. The SMILES string of the molecule is O=C1CCNN1CCc1ccccc1C(F)(F)F. The molecule has 1 heterocycles. The molecule has 0 saturated carbocycles. The quantitative estimate of drug-likeness (QED) is 0.899. The molecule has 1 amide bonds. The fourth-order valence-corrected chi connectivity index (χ4v) is 1.97. The third-order valence-electron chi connectivity index (χ3n) is 2.87. The van der Waals surface area contributed by atoms with Crippen LogP contribution in [-0.4, -0.2) is 24.0 Å². The number of carbonyl (C=O) groups excluding carboxylic acids is 1. The molecule has 3 nitrogen and oxygen atoms in total. The molecule has 1 saturated heterocycles. The summed E-state index contributed by atoms with van der Waals surface area (Å²) in [5, 5.41) is 1.38. The van der Waals surface area contributed by atoms with Gasteiger partial charge >= 0.3 is 6.18 Å². The van der Waals surface area contributed by atoms with Gasteiger partial charge in [-0.3, -0.25) is 9.80 Å². The number of halogens is 3. The molecule has 2 rings (SSSR count). The van der Waals surface area contributed by atoms with Gasteiger partial charge in [0.2, 0.25) is 5.91 Å². The molecule has 1 aromatic carbocycles. The van der Waals surface area contributed by atoms with E-state index >= 15 is 0 Å². The monoisotopic (exact) mass is 258 g/mol. The molecular formula is C12H13F3N2O. The van der Waals surface area contributed by atoms with Crippen LogP contribution >= 0.6 is 0 Å². The minimum atomic E-state index is -4.35. The van der Waals surface area contributed by atoms with E-state index in [2.05, 4.69) is 5.43 Å². The highest BCUT2D eigenvalue weighted by Crippen LogP contribution is 2.32. The van der Waals surface area contributed by atoms with Crippen molar-refractivity contribution in [1.82, 2.24) is 10.4 Å². The summed E-state index contributed by atoms with van der Waals surface area (Å²) >= 11 is 0. The Labute approximate surface area is 103 Å². The molecule has 0 unspecified atom stereocenters. The van der Waals surface area contributed by atoms with Crippen LogP contribution in [0.25, 0.3) is 0 Å². The summed E-state index contributed by atoms with van der Waals surface area (Å²) in [5.74, 6) is -0.0699. The molecule has 0 bridgehead atoms. The van der Waals surface area contributed by atoms with Crippen molar-refractivity contribution in [3.8, 4) is 0 Å². The largest absolute Gasteiger partial charge is 0.416 e. The Morgan fingerprint density at radius 1 is 1.28 bits per heavy atom. The first kappa shape index (κ1) is 12.9. The van der Waals surface area contributed by atoms with Gasteiger partial charge in [0, 0.05) is 19.5 Å². The zero-order chi connectivity index (χ0) is 13.2. The normalized spacial score (nSPS) is 16.4. The van der Waals surface area contributed by atoms with Crippen molar-refractivity contribution in [2.45, 2.75) is 19.0 Å². The highest BCUT2D eigenvalue weighted by molar-refractivity contribution is 5.77. The van der Waals surface area contributed by atoms with Gasteiger partial charge in [-0.1, -0.05) is 18.2 Å². The van der Waals surface area contributed by atoms with Gasteiger partial charge in [0.15, 0.2) is 0 Å². The smallest absolute Gasteiger partial charge is 0.278 e. The fraction of sp³-hybridized carbons (Fsp3) is 0.417. The second kappa shape index (κ2) is 4.97. The van der Waals surface area contributed by atoms with E-state index in [1.807, 2.05) is 0 Å². The lowest BCUT2D eigenvalue weighted by Crippen LogP contribution is -2.36. The Kier molecular flexibility index (Phi) is 3.56. The van der Waals surface area contributed by atoms with Crippen LogP contribution in [-0.2, 0) is 17.4 Å². The Balaban J connectivity index is 2.07. The lowest BCUT2D eigenvalue weighted by Gasteiger charge is -2.17. The Hall–Kier alpha value is -1.56. The van der Waals surface area contributed by atoms with Crippen molar-refractivity contribution in [2.24, 2.45) is 0 Å². The van der Waals surface area contributed by atoms with Gasteiger partial charge in [-0.15, -0.1) is 0 Å². The predicted molar refractivity (Wildman–Crippen MR) is 59.5 cm³/mol. The van der Waals surface area contributed by atoms with Crippen LogP contribution in [0.15, 0.2) is 24.3 Å². The zero-order valence-electron chi connectivity index (χ0n) is 9.63. The number of hydrogen-bond acceptors (Lipinski definition) is 2. The number of rotatable bonds is 3. The highest BCUT2D eigenvalue weighted by atomic mass is 19.4. The maximum absolute atomic E-state index is 12.7. The lowest BCUT2D eigenvalue weighted by molar-refractivity contribution is -0.138. The third kappa shape index (κ3) is 2.81. The molecule has 0 radical (unpaired) electrons. The second-order valence-electron chi connectivity index (χ2n) is 4.11. The van der Waals surface area contributed by atoms with Crippen LogP contribution < -0.4 is 5.43 Å². The van der Waals surface area contributed by atoms with E-state index < -0.39 is 11.7 Å². The predicted octanol–water partition coefficient (Wildman–Crippen LogP) is 1.98. The van der Waals surface area contributed by atoms with Gasteiger partial charge in [-0.25, -0.2) is 5.43 Å². The van der Waals surface area contributed by atoms with Crippen LogP contribution in [0.3, 0.4) is 0 Å². The number of nitrogens with one attached hydrogen (secondary N) is 1. The number of benzene rings is 1. The first-order valence-corrected chi connectivity index (χ1v) is 5.67. The molecule has 0 spiro atoms. The van der Waals surface area contributed by atoms with Crippen LogP contribution in [0.1, 0.15) is 17.5 Å². The maximum atomic E-state index is 12.7. The van der Waals surface area contributed by atoms with E-state index in [0.29, 0.717) is 13.0 Å². The number of alkyl halides is 3. The average Bonchev–Trinajstić information content (AvgIpc) is 2.71. The van der Waals surface area contributed by atoms with E-state index in [-0.39, 0.29) is 24.4 Å². The molecule has 0 aromatic heterocycles. The molecule has 1 aliphatic heterocycles. The summed E-state index contributed by atoms with van der Waals surface area (Å²) in [4.78, 5) is 11.3. The highest BCUT2D eigenvalue weighted by Gasteiger charge is 2.33. The molecule has 1 fully saturated rings. The molecule has 1 aliphatic rings. The molecule has 0 atom stereocenters. The Morgan fingerprint density at radius 2 is 2.00 bits per heavy atom. The minimum Gasteiger partial charge on any atom is -0.278 e. The van der Waals surface area contributed by atoms with Crippen LogP contribution in [0.4, 0.5) is 13.2 Å². The third-order valence-corrected chi connectivity index (χ3v) is 2.87. The maximum Gasteiger partial charge on any atom is 0.416 e. The van der Waals surface area contributed by atoms with Crippen LogP contribution in [0, 0.1) is 0 Å². The first-order chi connectivity index (χ1) is 8.48. The van der Waals surface area contributed by atoms with Crippen LogP contribution in [0.2, 0.25) is 0 Å². The first-order valence-electron chi connectivity index (χ1n) is 5.67. The van der Waals surface area contributed by atoms with Crippen molar-refractivity contribution in [3.63, 3.8) is 0 Å². The number of hydrogen-bond donors (Lipinski definition) is 1. The fourth-order valence-electron chi connectivity index (χ4n) is 1.97. The molecule has 1 N–H and O–H groups in total. The van der Waals surface area contributed by atoms with Crippen molar-refractivity contribution >= 4 is 5.91 Å². The summed E-state index contributed by atoms with van der Waals surface area (Å²) in [6.07, 6.45) is -3.76. The van der Waals surface area contributed by atoms with Crippen LogP contribution in [0.5, 0.6) is 0 Å². The van der Waals surface area contributed by atoms with Crippen molar-refractivity contribution in [2.75, 3.05) is 13.1 Å². The van der Waals surface area contributed by atoms with E-state index in [0.717, 1.165) is 6.07 Å². The number of hydrazine groups is 1. The van der Waals surface area contributed by atoms with E-state index in [4.69, 9.17) is 0 Å². The van der Waals surface area contributed by atoms with E-state index in [1.165, 1.54) is 17.1 Å². The van der Waals surface area contributed by atoms with Crippen molar-refractivity contribution < 1.29 is 18.0 Å². The summed E-state index contributed by atoms with van der Waals surface area (Å²) in [5.41, 5.74) is 2.42. The number of carbonyl (C=O) groups is 1. The Morgan fingerprint density at radius 3 is 2.61 bits per heavy atom. The van der Waals surface area contributed by atoms with Gasteiger partial charge in [0.25, 0.3) is 0 Å². The zero-order valence-corrected chi connectivity index (χ0v) is 9.63. The summed E-state index contributed by atoms with van der Waals surface area (Å²) in [6, 6.07) is 5.45. The summed E-state index contributed by atoms with van der Waals surface area (Å²) in [7, 11) is 0. The van der Waals surface area contributed by atoms with Gasteiger partial charge in [0.05, 0.1) is 5.56 Å². The molecule has 6 heteroatoms. The summed E-state index contributed by atoms with van der Waals surface area (Å²) < 4.78 is 38.2. The topological polar surface area (TPSA) is 32.3 Å². The lowest BCUT2D eigenvalue weighted by atomic mass is 10.0. The molecule has 18 heavy (non-hydrogen) atoms. The van der Waals surface area contributed by atoms with Gasteiger partial charge in [-0.2, -0.15) is 13.2 Å². The van der Waals surface area contributed by atoms with E-state index in [9.17, 15) is 18.0 Å². The molecular weight excluding hydrogens is 245 g/mol. The van der Waals surface area contributed by atoms with E-state index in [1.54, 1.807) is 6.07 Å². The Bertz CT molecular complexity index is 445. The number of nitrogens with zero attached hydrogens (tertiary/aromatic N) is 1. The molecule has 1 aromatic rings. The van der Waals surface area contributed by atoms with Gasteiger partial charge in [-0.05, 0) is 18.1 Å².